The number of anilines is 2. The minimum absolute atomic E-state index is 0. The summed E-state index contributed by atoms with van der Waals surface area (Å²) in [5.41, 5.74) is 3.01. The number of Topliss-reactive ketones (excluding diaryl/α,β-unsaturated/α-hetero) is 1. The van der Waals surface area contributed by atoms with E-state index in [1.165, 1.54) is 17.4 Å². The molecule has 188 valence electrons. The largest absolute Gasteiger partial charge is 0.481 e. The summed E-state index contributed by atoms with van der Waals surface area (Å²) in [6.07, 6.45) is 1.88. The summed E-state index contributed by atoms with van der Waals surface area (Å²) in [5, 5.41) is 13.6. The van der Waals surface area contributed by atoms with Crippen molar-refractivity contribution in [2.75, 3.05) is 5.32 Å². The average molecular weight is 527 g/mol. The summed E-state index contributed by atoms with van der Waals surface area (Å²) in [6.45, 7) is 0. The molecule has 3 aromatic carbocycles. The van der Waals surface area contributed by atoms with Crippen molar-refractivity contribution in [2.24, 2.45) is 11.8 Å². The van der Waals surface area contributed by atoms with Gasteiger partial charge in [0.2, 0.25) is 0 Å². The highest BCUT2D eigenvalue weighted by molar-refractivity contribution is 7.22. The Kier molecular flexibility index (Phi) is 8.48. The maximum Gasteiger partial charge on any atom is 0.307 e. The molecule has 8 heteroatoms. The van der Waals surface area contributed by atoms with Crippen molar-refractivity contribution in [2.45, 2.75) is 34.1 Å². The van der Waals surface area contributed by atoms with Crippen LogP contribution in [0.25, 0.3) is 21.3 Å². The number of carbonyl (C=O) groups excluding carboxylic acids is 1. The van der Waals surface area contributed by atoms with Gasteiger partial charge in [0.25, 0.3) is 0 Å². The first kappa shape index (κ1) is 27.3. The van der Waals surface area contributed by atoms with Gasteiger partial charge in [-0.2, -0.15) is 0 Å². The van der Waals surface area contributed by atoms with Crippen LogP contribution in [0.4, 0.5) is 15.2 Å². The molecule has 1 heterocycles. The minimum Gasteiger partial charge on any atom is -0.481 e. The molecule has 0 spiro atoms. The van der Waals surface area contributed by atoms with Gasteiger partial charge in [-0.3, -0.25) is 9.59 Å². The maximum absolute atomic E-state index is 14.9. The molecule has 1 aliphatic carbocycles. The van der Waals surface area contributed by atoms with Gasteiger partial charge in [-0.25, -0.2) is 9.37 Å². The number of carboxylic acids is 1. The summed E-state index contributed by atoms with van der Waals surface area (Å²) in [4.78, 5) is 28.7. The summed E-state index contributed by atoms with van der Waals surface area (Å²) < 4.78 is 15.8. The van der Waals surface area contributed by atoms with Crippen molar-refractivity contribution < 1.29 is 19.1 Å². The van der Waals surface area contributed by atoms with Crippen LogP contribution in [0, 0.1) is 17.7 Å². The van der Waals surface area contributed by atoms with Crippen LogP contribution in [0.2, 0.25) is 5.02 Å². The number of fused-ring (bicyclic) bond motifs is 1. The predicted octanol–water partition coefficient (Wildman–Crippen LogP) is 8.46. The lowest BCUT2D eigenvalue weighted by Crippen LogP contribution is -2.25. The summed E-state index contributed by atoms with van der Waals surface area (Å²) in [6, 6.07) is 17.2. The number of rotatable bonds is 6. The van der Waals surface area contributed by atoms with Gasteiger partial charge in [-0.15, -0.1) is 0 Å². The number of carbonyl (C=O) groups is 2. The molecule has 4 aromatic rings. The topological polar surface area (TPSA) is 79.3 Å². The molecule has 1 fully saturated rings. The van der Waals surface area contributed by atoms with Crippen molar-refractivity contribution in [1.29, 1.82) is 0 Å². The molecule has 0 unspecified atom stereocenters. The molecule has 0 saturated heterocycles. The summed E-state index contributed by atoms with van der Waals surface area (Å²) >= 11 is 7.41. The van der Waals surface area contributed by atoms with E-state index < -0.39 is 23.6 Å². The highest BCUT2D eigenvalue weighted by atomic mass is 35.5. The quantitative estimate of drug-likeness (QED) is 0.246. The summed E-state index contributed by atoms with van der Waals surface area (Å²) in [7, 11) is 0. The van der Waals surface area contributed by atoms with Gasteiger partial charge in [0.1, 0.15) is 5.82 Å². The van der Waals surface area contributed by atoms with E-state index in [4.69, 9.17) is 11.6 Å². The van der Waals surface area contributed by atoms with Crippen LogP contribution in [0.1, 0.15) is 44.5 Å². The third kappa shape index (κ3) is 5.42. The van der Waals surface area contributed by atoms with Crippen LogP contribution in [0.15, 0.2) is 60.7 Å². The second kappa shape index (κ2) is 11.2. The number of carboxylic acid groups (broad SMARTS) is 1. The van der Waals surface area contributed by atoms with Gasteiger partial charge in [0, 0.05) is 16.5 Å². The molecule has 2 atom stereocenters. The zero-order valence-corrected chi connectivity index (χ0v) is 19.5. The van der Waals surface area contributed by atoms with Crippen molar-refractivity contribution in [3.63, 3.8) is 0 Å². The van der Waals surface area contributed by atoms with E-state index in [1.54, 1.807) is 42.5 Å². The Balaban J connectivity index is 0.00000180. The third-order valence-corrected chi connectivity index (χ3v) is 7.40. The van der Waals surface area contributed by atoms with Crippen LogP contribution in [0.3, 0.4) is 0 Å². The lowest BCUT2D eigenvalue weighted by Gasteiger charge is -2.15. The van der Waals surface area contributed by atoms with Crippen LogP contribution < -0.4 is 5.32 Å². The number of ketones is 1. The first-order valence-corrected chi connectivity index (χ1v) is 12.1. The third-order valence-electron chi connectivity index (χ3n) is 6.23. The monoisotopic (exact) mass is 526 g/mol. The highest BCUT2D eigenvalue weighted by Crippen LogP contribution is 2.35. The number of thiazole rings is 1. The standard InChI is InChI=1S/C26H20ClFN2O3S.2CH4/c27-17-9-11-22-23(13-17)34-26(30-22)29-21-10-8-16(12-20(21)28)14-4-6-15(7-5-14)24(31)18-2-1-3-19(18)25(32)33;;/h4-13,18-19H,1-3H2,(H,29,30)(H,32,33);2*1H4/t18-,19-;;/m1../s1. The van der Waals surface area contributed by atoms with Crippen molar-refractivity contribution >= 4 is 55.7 Å². The van der Waals surface area contributed by atoms with Gasteiger partial charge in [0.05, 0.1) is 21.8 Å². The molecule has 36 heavy (non-hydrogen) atoms. The second-order valence-electron chi connectivity index (χ2n) is 8.37. The van der Waals surface area contributed by atoms with Crippen molar-refractivity contribution in [3.05, 3.63) is 77.1 Å². The molecule has 5 rings (SSSR count). The number of hydrogen-bond acceptors (Lipinski definition) is 5. The average Bonchev–Trinajstić information content (AvgIpc) is 3.47. The molecule has 1 saturated carbocycles. The van der Waals surface area contributed by atoms with Crippen molar-refractivity contribution in [1.82, 2.24) is 4.98 Å². The maximum atomic E-state index is 14.9. The molecular formula is C28H28ClFN2O3S. The fraction of sp³-hybridized carbons (Fsp3) is 0.250. The molecule has 2 N–H and O–H groups in total. The van der Waals surface area contributed by atoms with Crippen LogP contribution in [-0.4, -0.2) is 21.8 Å². The molecular weight excluding hydrogens is 499 g/mol. The molecule has 0 bridgehead atoms. The number of nitrogens with one attached hydrogen (secondary N) is 1. The second-order valence-corrected chi connectivity index (χ2v) is 9.84. The highest BCUT2D eigenvalue weighted by Gasteiger charge is 2.37. The van der Waals surface area contributed by atoms with E-state index in [-0.39, 0.29) is 20.6 Å². The Morgan fingerprint density at radius 3 is 2.36 bits per heavy atom. The minimum atomic E-state index is -0.911. The first-order valence-electron chi connectivity index (χ1n) is 10.9. The fourth-order valence-corrected chi connectivity index (χ4v) is 5.63. The number of nitrogens with zero attached hydrogens (tertiary/aromatic N) is 1. The predicted molar refractivity (Wildman–Crippen MR) is 146 cm³/mol. The normalized spacial score (nSPS) is 16.7. The Labute approximate surface area is 219 Å². The molecule has 0 aliphatic heterocycles. The van der Waals surface area contributed by atoms with E-state index in [9.17, 15) is 19.1 Å². The van der Waals surface area contributed by atoms with E-state index in [2.05, 4.69) is 10.3 Å². The van der Waals surface area contributed by atoms with Crippen molar-refractivity contribution in [3.8, 4) is 11.1 Å². The van der Waals surface area contributed by atoms with Gasteiger partial charge >= 0.3 is 5.97 Å². The van der Waals surface area contributed by atoms with Gasteiger partial charge in [-0.05, 0) is 54.3 Å². The zero-order chi connectivity index (χ0) is 23.8. The molecule has 1 aliphatic rings. The number of halogens is 2. The van der Waals surface area contributed by atoms with Gasteiger partial charge in [0.15, 0.2) is 10.9 Å². The Bertz CT molecular complexity index is 1400. The number of hydrogen-bond donors (Lipinski definition) is 2. The molecule has 0 amide bonds. The first-order chi connectivity index (χ1) is 16.4. The Morgan fingerprint density at radius 1 is 0.972 bits per heavy atom. The fourth-order valence-electron chi connectivity index (χ4n) is 4.47. The van der Waals surface area contributed by atoms with Crippen LogP contribution in [-0.2, 0) is 4.79 Å². The smallest absolute Gasteiger partial charge is 0.307 e. The molecule has 5 nitrogen and oxygen atoms in total. The Morgan fingerprint density at radius 2 is 1.67 bits per heavy atom. The lowest BCUT2D eigenvalue weighted by molar-refractivity contribution is -0.142. The van der Waals surface area contributed by atoms with E-state index in [0.29, 0.717) is 39.8 Å². The molecule has 0 radical (unpaired) electrons. The Hall–Kier alpha value is -3.29. The SMILES string of the molecule is C.C.O=C(O)[C@@H]1CCC[C@H]1C(=O)c1ccc(-c2ccc(Nc3nc4ccc(Cl)cc4s3)c(F)c2)cc1. The van der Waals surface area contributed by atoms with E-state index in [1.807, 2.05) is 12.1 Å². The van der Waals surface area contributed by atoms with Crippen LogP contribution >= 0.6 is 22.9 Å². The van der Waals surface area contributed by atoms with Crippen LogP contribution in [0.5, 0.6) is 0 Å². The molecule has 1 aromatic heterocycles. The van der Waals surface area contributed by atoms with Gasteiger partial charge in [-0.1, -0.05) is 74.5 Å². The number of aromatic nitrogens is 1. The van der Waals surface area contributed by atoms with E-state index in [0.717, 1.165) is 22.2 Å². The van der Waals surface area contributed by atoms with E-state index >= 15 is 0 Å². The summed E-state index contributed by atoms with van der Waals surface area (Å²) in [5.74, 6) is -2.57. The van der Waals surface area contributed by atoms with Gasteiger partial charge < -0.3 is 10.4 Å². The lowest BCUT2D eigenvalue weighted by atomic mass is 9.88. The zero-order valence-electron chi connectivity index (χ0n) is 17.9. The number of benzene rings is 3. The number of aliphatic carboxylic acids is 1.